The molecule has 6 nitrogen and oxygen atoms in total. The molecule has 1 atom stereocenters. The van der Waals surface area contributed by atoms with Crippen LogP contribution in [0.4, 0.5) is 0 Å². The summed E-state index contributed by atoms with van der Waals surface area (Å²) in [5, 5.41) is 0. The summed E-state index contributed by atoms with van der Waals surface area (Å²) in [6.07, 6.45) is 85.9. The molecular weight excluding hydrogens is 949 g/mol. The van der Waals surface area contributed by atoms with Crippen molar-refractivity contribution in [2.45, 2.75) is 335 Å². The molecule has 0 aromatic rings. The highest BCUT2D eigenvalue weighted by molar-refractivity contribution is 5.71. The van der Waals surface area contributed by atoms with E-state index in [-0.39, 0.29) is 31.1 Å². The van der Waals surface area contributed by atoms with Gasteiger partial charge in [-0.2, -0.15) is 0 Å². The Hall–Kier alpha value is -3.41. The molecule has 0 amide bonds. The van der Waals surface area contributed by atoms with Crippen LogP contribution in [0.3, 0.4) is 0 Å². The minimum atomic E-state index is -0.787. The summed E-state index contributed by atoms with van der Waals surface area (Å²) in [4.78, 5) is 38.4. The van der Waals surface area contributed by atoms with Crippen molar-refractivity contribution < 1.29 is 28.6 Å². The van der Waals surface area contributed by atoms with Crippen molar-refractivity contribution in [2.24, 2.45) is 0 Å². The fraction of sp³-hybridized carbons (Fsp3) is 0.761. The van der Waals surface area contributed by atoms with Crippen LogP contribution >= 0.6 is 0 Å². The lowest BCUT2D eigenvalue weighted by molar-refractivity contribution is -0.167. The Kier molecular flexibility index (Phi) is 62.2. The van der Waals surface area contributed by atoms with Gasteiger partial charge in [-0.25, -0.2) is 0 Å². The largest absolute Gasteiger partial charge is 0.462 e. The molecule has 444 valence electrons. The molecule has 0 fully saturated rings. The lowest BCUT2D eigenvalue weighted by Crippen LogP contribution is -2.30. The highest BCUT2D eigenvalue weighted by Gasteiger charge is 2.19. The molecular formula is C71H124O6. The summed E-state index contributed by atoms with van der Waals surface area (Å²) in [5.74, 6) is -0.888. The van der Waals surface area contributed by atoms with Gasteiger partial charge in [-0.1, -0.05) is 279 Å². The van der Waals surface area contributed by atoms with Crippen molar-refractivity contribution in [3.63, 3.8) is 0 Å². The molecule has 0 bridgehead atoms. The Morgan fingerprint density at radius 2 is 0.506 bits per heavy atom. The van der Waals surface area contributed by atoms with Gasteiger partial charge in [-0.05, 0) is 116 Å². The number of carbonyl (C=O) groups is 3. The fourth-order valence-corrected chi connectivity index (χ4v) is 9.40. The molecule has 0 aromatic carbocycles. The van der Waals surface area contributed by atoms with Crippen molar-refractivity contribution in [1.82, 2.24) is 0 Å². The van der Waals surface area contributed by atoms with E-state index < -0.39 is 6.10 Å². The molecule has 6 heteroatoms. The lowest BCUT2D eigenvalue weighted by atomic mass is 10.0. The van der Waals surface area contributed by atoms with Gasteiger partial charge in [0, 0.05) is 19.3 Å². The first-order valence-electron chi connectivity index (χ1n) is 33.1. The first-order chi connectivity index (χ1) is 38.0. The predicted octanol–water partition coefficient (Wildman–Crippen LogP) is 22.7. The molecule has 1 unspecified atom stereocenters. The predicted molar refractivity (Wildman–Crippen MR) is 334 cm³/mol. The number of hydrogen-bond acceptors (Lipinski definition) is 6. The van der Waals surface area contributed by atoms with Gasteiger partial charge >= 0.3 is 17.9 Å². The van der Waals surface area contributed by atoms with E-state index in [4.69, 9.17) is 14.2 Å². The van der Waals surface area contributed by atoms with Crippen LogP contribution in [-0.2, 0) is 28.6 Å². The van der Waals surface area contributed by atoms with E-state index in [0.717, 1.165) is 103 Å². The minimum absolute atomic E-state index is 0.0828. The van der Waals surface area contributed by atoms with Gasteiger partial charge in [0.15, 0.2) is 6.10 Å². The van der Waals surface area contributed by atoms with E-state index in [0.29, 0.717) is 19.3 Å². The normalized spacial score (nSPS) is 12.6. The Balaban J connectivity index is 4.36. The molecule has 0 aliphatic heterocycles. The number of esters is 3. The van der Waals surface area contributed by atoms with Crippen LogP contribution in [0.5, 0.6) is 0 Å². The topological polar surface area (TPSA) is 78.9 Å². The highest BCUT2D eigenvalue weighted by Crippen LogP contribution is 2.16. The number of carbonyl (C=O) groups excluding carboxylic acids is 3. The molecule has 0 saturated carbocycles. The van der Waals surface area contributed by atoms with E-state index in [1.165, 1.54) is 186 Å². The van der Waals surface area contributed by atoms with E-state index in [9.17, 15) is 14.4 Å². The monoisotopic (exact) mass is 1070 g/mol. The lowest BCUT2D eigenvalue weighted by Gasteiger charge is -2.18. The van der Waals surface area contributed by atoms with Crippen molar-refractivity contribution in [3.05, 3.63) is 85.1 Å². The summed E-state index contributed by atoms with van der Waals surface area (Å²) in [6, 6.07) is 0. The van der Waals surface area contributed by atoms with Crippen molar-refractivity contribution >= 4 is 17.9 Å². The third kappa shape index (κ3) is 63.3. The average Bonchev–Trinajstić information content (AvgIpc) is 3.43. The summed E-state index contributed by atoms with van der Waals surface area (Å²) < 4.78 is 16.9. The van der Waals surface area contributed by atoms with Gasteiger partial charge < -0.3 is 14.2 Å². The molecule has 0 saturated heterocycles. The zero-order chi connectivity index (χ0) is 55.7. The maximum absolute atomic E-state index is 12.9. The summed E-state index contributed by atoms with van der Waals surface area (Å²) in [6.45, 7) is 6.52. The first-order valence-corrected chi connectivity index (χ1v) is 33.1. The Morgan fingerprint density at radius 3 is 0.831 bits per heavy atom. The maximum atomic E-state index is 12.9. The second kappa shape index (κ2) is 65.1. The molecule has 0 aliphatic rings. The first kappa shape index (κ1) is 73.6. The molecule has 0 radical (unpaired) electrons. The molecule has 0 rings (SSSR count). The van der Waals surface area contributed by atoms with Crippen LogP contribution in [0, 0.1) is 0 Å². The Morgan fingerprint density at radius 1 is 0.273 bits per heavy atom. The third-order valence-electron chi connectivity index (χ3n) is 14.4. The number of allylic oxidation sites excluding steroid dienone is 14. The third-order valence-corrected chi connectivity index (χ3v) is 14.4. The van der Waals surface area contributed by atoms with Crippen molar-refractivity contribution in [1.29, 1.82) is 0 Å². The Bertz CT molecular complexity index is 1470. The Labute approximate surface area is 477 Å². The van der Waals surface area contributed by atoms with Gasteiger partial charge in [-0.15, -0.1) is 0 Å². The van der Waals surface area contributed by atoms with Crippen LogP contribution in [0.15, 0.2) is 85.1 Å². The van der Waals surface area contributed by atoms with Crippen molar-refractivity contribution in [2.75, 3.05) is 13.2 Å². The standard InChI is InChI=1S/C71H124O6/c1-4-7-10-13-16-19-22-25-28-30-32-34-35-37-38-40-43-46-49-52-55-58-61-64-70(73)76-67-68(66-75-69(72)63-60-57-54-51-48-45-42-27-24-21-18-15-12-9-6-3)77-71(74)65-62-59-56-53-50-47-44-41-39-36-33-31-29-26-23-20-17-14-11-8-5-2/h7,10,16,18-19,21,25,27-28,31-34,42,68H,4-6,8-9,11-15,17,20,22-24,26,29-30,35-41,43-67H2,1-3H3/b10-7-,19-16-,21-18-,28-25-,33-31-,34-32-,42-27-. The zero-order valence-electron chi connectivity index (χ0n) is 51.0. The van der Waals surface area contributed by atoms with Gasteiger partial charge in [0.1, 0.15) is 13.2 Å². The van der Waals surface area contributed by atoms with Crippen LogP contribution in [0.2, 0.25) is 0 Å². The molecule has 0 heterocycles. The number of unbranched alkanes of at least 4 members (excludes halogenated alkanes) is 35. The number of hydrogen-bond donors (Lipinski definition) is 0. The van der Waals surface area contributed by atoms with E-state index in [1.807, 2.05) is 0 Å². The highest BCUT2D eigenvalue weighted by atomic mass is 16.6. The quantitative estimate of drug-likeness (QED) is 0.0261. The molecule has 0 aliphatic carbocycles. The fourth-order valence-electron chi connectivity index (χ4n) is 9.40. The minimum Gasteiger partial charge on any atom is -0.462 e. The van der Waals surface area contributed by atoms with E-state index in [1.54, 1.807) is 0 Å². The summed E-state index contributed by atoms with van der Waals surface area (Å²) in [5.41, 5.74) is 0. The molecule has 77 heavy (non-hydrogen) atoms. The smallest absolute Gasteiger partial charge is 0.306 e. The van der Waals surface area contributed by atoms with Crippen LogP contribution in [0.1, 0.15) is 329 Å². The molecule has 0 aromatic heterocycles. The van der Waals surface area contributed by atoms with Crippen LogP contribution < -0.4 is 0 Å². The van der Waals surface area contributed by atoms with Gasteiger partial charge in [0.2, 0.25) is 0 Å². The summed E-state index contributed by atoms with van der Waals surface area (Å²) in [7, 11) is 0. The molecule has 0 spiro atoms. The second-order valence-electron chi connectivity index (χ2n) is 22.0. The van der Waals surface area contributed by atoms with Gasteiger partial charge in [0.05, 0.1) is 0 Å². The zero-order valence-corrected chi connectivity index (χ0v) is 51.0. The van der Waals surface area contributed by atoms with E-state index >= 15 is 0 Å². The average molecular weight is 1070 g/mol. The number of ether oxygens (including phenoxy) is 3. The van der Waals surface area contributed by atoms with E-state index in [2.05, 4.69) is 106 Å². The number of rotatable bonds is 60. The van der Waals surface area contributed by atoms with Crippen LogP contribution in [-0.4, -0.2) is 37.2 Å². The van der Waals surface area contributed by atoms with Gasteiger partial charge in [0.25, 0.3) is 0 Å². The maximum Gasteiger partial charge on any atom is 0.306 e. The molecule has 0 N–H and O–H groups in total. The van der Waals surface area contributed by atoms with Gasteiger partial charge in [-0.3, -0.25) is 14.4 Å². The summed E-state index contributed by atoms with van der Waals surface area (Å²) >= 11 is 0. The van der Waals surface area contributed by atoms with Crippen molar-refractivity contribution in [3.8, 4) is 0 Å². The SMILES string of the molecule is CC/C=C\C/C=C\C/C=C\C/C=C\CCCCCCCCCCCCC(=O)OCC(COC(=O)CCCCCCC/C=C\C/C=C\CCCCC)OC(=O)CCCCCCCCCCC/C=C\CCCCCCCCCC. The van der Waals surface area contributed by atoms with Crippen LogP contribution in [0.25, 0.3) is 0 Å². The second-order valence-corrected chi connectivity index (χ2v) is 22.0.